The summed E-state index contributed by atoms with van der Waals surface area (Å²) in [4.78, 5) is 0. The van der Waals surface area contributed by atoms with Crippen LogP contribution in [0.4, 0.5) is 10.1 Å². The molecule has 3 nitrogen and oxygen atoms in total. The summed E-state index contributed by atoms with van der Waals surface area (Å²) >= 11 is 0. The molecule has 126 valence electrons. The lowest BCUT2D eigenvalue weighted by molar-refractivity contribution is 0.305. The van der Waals surface area contributed by atoms with Crippen LogP contribution in [0.25, 0.3) is 0 Å². The fraction of sp³-hybridized carbons (Fsp3) is 0.0952. The Balaban J connectivity index is 1.54. The summed E-state index contributed by atoms with van der Waals surface area (Å²) < 4.78 is 18.6. The quantitative estimate of drug-likeness (QED) is 0.499. The fourth-order valence-electron chi connectivity index (χ4n) is 2.29. The Kier molecular flexibility index (Phi) is 5.42. The molecule has 0 unspecified atom stereocenters. The topological polar surface area (TPSA) is 33.6 Å². The first-order valence-corrected chi connectivity index (χ1v) is 8.03. The van der Waals surface area contributed by atoms with Crippen molar-refractivity contribution in [2.24, 2.45) is 5.10 Å². The number of anilines is 1. The van der Waals surface area contributed by atoms with Gasteiger partial charge in [-0.1, -0.05) is 24.3 Å². The highest BCUT2D eigenvalue weighted by Crippen LogP contribution is 2.15. The number of hydrogen-bond acceptors (Lipinski definition) is 3. The molecule has 0 amide bonds. The third kappa shape index (κ3) is 4.91. The second kappa shape index (κ2) is 8.11. The van der Waals surface area contributed by atoms with E-state index in [0.29, 0.717) is 6.61 Å². The van der Waals surface area contributed by atoms with Crippen molar-refractivity contribution in [2.75, 3.05) is 5.43 Å². The number of benzene rings is 3. The molecule has 0 aliphatic carbocycles. The summed E-state index contributed by atoms with van der Waals surface area (Å²) in [7, 11) is 0. The Hall–Kier alpha value is -3.14. The summed E-state index contributed by atoms with van der Waals surface area (Å²) in [5.41, 5.74) is 6.93. The molecule has 3 aromatic carbocycles. The average molecular weight is 334 g/mol. The minimum absolute atomic E-state index is 0.268. The predicted molar refractivity (Wildman–Crippen MR) is 99.6 cm³/mol. The number of aryl methyl sites for hydroxylation is 1. The summed E-state index contributed by atoms with van der Waals surface area (Å²) in [6.07, 6.45) is 1.70. The standard InChI is InChI=1S/C21H19FN2O/c1-16-4-2-3-5-18(16)15-25-21-12-6-17(7-13-21)14-23-24-20-10-8-19(22)9-11-20/h2-14,24H,15H2,1H3. The van der Waals surface area contributed by atoms with E-state index in [-0.39, 0.29) is 5.82 Å². The Morgan fingerprint density at radius 1 is 0.960 bits per heavy atom. The monoisotopic (exact) mass is 334 g/mol. The first-order valence-electron chi connectivity index (χ1n) is 8.03. The van der Waals surface area contributed by atoms with Crippen LogP contribution in [0.3, 0.4) is 0 Å². The molecule has 25 heavy (non-hydrogen) atoms. The first-order chi connectivity index (χ1) is 12.2. The van der Waals surface area contributed by atoms with Gasteiger partial charge in [0.15, 0.2) is 0 Å². The van der Waals surface area contributed by atoms with Gasteiger partial charge in [-0.2, -0.15) is 5.10 Å². The Morgan fingerprint density at radius 3 is 2.40 bits per heavy atom. The van der Waals surface area contributed by atoms with Crippen molar-refractivity contribution in [3.05, 3.63) is 95.3 Å². The van der Waals surface area contributed by atoms with Gasteiger partial charge in [-0.05, 0) is 72.1 Å². The van der Waals surface area contributed by atoms with E-state index in [1.807, 2.05) is 36.4 Å². The zero-order chi connectivity index (χ0) is 17.5. The van der Waals surface area contributed by atoms with E-state index in [1.165, 1.54) is 23.3 Å². The molecular formula is C21H19FN2O. The maximum atomic E-state index is 12.8. The van der Waals surface area contributed by atoms with Crippen molar-refractivity contribution in [1.82, 2.24) is 0 Å². The fourth-order valence-corrected chi connectivity index (χ4v) is 2.29. The molecule has 0 spiro atoms. The first kappa shape index (κ1) is 16.7. The molecule has 0 atom stereocenters. The molecule has 0 aliphatic heterocycles. The van der Waals surface area contributed by atoms with Crippen molar-refractivity contribution in [3.8, 4) is 5.75 Å². The van der Waals surface area contributed by atoms with Gasteiger partial charge in [-0.3, -0.25) is 5.43 Å². The third-order valence-electron chi connectivity index (χ3n) is 3.79. The maximum absolute atomic E-state index is 12.8. The van der Waals surface area contributed by atoms with Crippen LogP contribution in [0.15, 0.2) is 77.9 Å². The van der Waals surface area contributed by atoms with Crippen LogP contribution < -0.4 is 10.2 Å². The summed E-state index contributed by atoms with van der Waals surface area (Å²) in [6.45, 7) is 2.62. The lowest BCUT2D eigenvalue weighted by Crippen LogP contribution is -1.97. The van der Waals surface area contributed by atoms with Crippen LogP contribution in [-0.2, 0) is 6.61 Å². The van der Waals surface area contributed by atoms with Crippen molar-refractivity contribution in [2.45, 2.75) is 13.5 Å². The maximum Gasteiger partial charge on any atom is 0.123 e. The number of hydrogen-bond donors (Lipinski definition) is 1. The largest absolute Gasteiger partial charge is 0.489 e. The second-order valence-corrected chi connectivity index (χ2v) is 5.66. The van der Waals surface area contributed by atoms with Crippen molar-refractivity contribution < 1.29 is 9.13 Å². The van der Waals surface area contributed by atoms with Gasteiger partial charge in [0.25, 0.3) is 0 Å². The highest BCUT2D eigenvalue weighted by molar-refractivity contribution is 5.80. The molecular weight excluding hydrogens is 315 g/mol. The van der Waals surface area contributed by atoms with Gasteiger partial charge in [0.05, 0.1) is 11.9 Å². The van der Waals surface area contributed by atoms with E-state index in [1.54, 1.807) is 18.3 Å². The zero-order valence-corrected chi connectivity index (χ0v) is 13.9. The lowest BCUT2D eigenvalue weighted by atomic mass is 10.1. The van der Waals surface area contributed by atoms with Crippen LogP contribution in [-0.4, -0.2) is 6.21 Å². The van der Waals surface area contributed by atoms with Gasteiger partial charge in [0, 0.05) is 0 Å². The molecule has 0 radical (unpaired) electrons. The molecule has 0 saturated carbocycles. The summed E-state index contributed by atoms with van der Waals surface area (Å²) in [6, 6.07) is 21.9. The van der Waals surface area contributed by atoms with Gasteiger partial charge in [-0.15, -0.1) is 0 Å². The molecule has 0 saturated heterocycles. The van der Waals surface area contributed by atoms with E-state index in [4.69, 9.17) is 4.74 Å². The molecule has 1 N–H and O–H groups in total. The van der Waals surface area contributed by atoms with Crippen LogP contribution in [0.2, 0.25) is 0 Å². The number of halogens is 1. The van der Waals surface area contributed by atoms with Gasteiger partial charge in [0.1, 0.15) is 18.2 Å². The highest BCUT2D eigenvalue weighted by Gasteiger charge is 1.99. The number of hydrazone groups is 1. The average Bonchev–Trinajstić information content (AvgIpc) is 2.64. The van der Waals surface area contributed by atoms with Crippen LogP contribution in [0.5, 0.6) is 5.75 Å². The third-order valence-corrected chi connectivity index (χ3v) is 3.79. The van der Waals surface area contributed by atoms with Gasteiger partial charge < -0.3 is 4.74 Å². The van der Waals surface area contributed by atoms with Gasteiger partial charge in [-0.25, -0.2) is 4.39 Å². The number of nitrogens with one attached hydrogen (secondary N) is 1. The molecule has 0 fully saturated rings. The number of nitrogens with zero attached hydrogens (tertiary/aromatic N) is 1. The SMILES string of the molecule is Cc1ccccc1COc1ccc(C=NNc2ccc(F)cc2)cc1. The van der Waals surface area contributed by atoms with Gasteiger partial charge >= 0.3 is 0 Å². The highest BCUT2D eigenvalue weighted by atomic mass is 19.1. The molecule has 0 bridgehead atoms. The van der Waals surface area contributed by atoms with Crippen molar-refractivity contribution in [3.63, 3.8) is 0 Å². The van der Waals surface area contributed by atoms with E-state index in [9.17, 15) is 4.39 Å². The molecule has 4 heteroatoms. The minimum atomic E-state index is -0.268. The predicted octanol–water partition coefficient (Wildman–Crippen LogP) is 5.16. The number of rotatable bonds is 6. The zero-order valence-electron chi connectivity index (χ0n) is 13.9. The van der Waals surface area contributed by atoms with Crippen LogP contribution in [0, 0.1) is 12.7 Å². The van der Waals surface area contributed by atoms with E-state index in [2.05, 4.69) is 29.6 Å². The van der Waals surface area contributed by atoms with E-state index in [0.717, 1.165) is 17.0 Å². The Labute approximate surface area is 146 Å². The van der Waals surface area contributed by atoms with E-state index >= 15 is 0 Å². The van der Waals surface area contributed by atoms with E-state index < -0.39 is 0 Å². The van der Waals surface area contributed by atoms with Gasteiger partial charge in [0.2, 0.25) is 0 Å². The van der Waals surface area contributed by atoms with Crippen LogP contribution in [0.1, 0.15) is 16.7 Å². The Morgan fingerprint density at radius 2 is 1.68 bits per heavy atom. The molecule has 0 heterocycles. The molecule has 0 aromatic heterocycles. The smallest absolute Gasteiger partial charge is 0.123 e. The second-order valence-electron chi connectivity index (χ2n) is 5.66. The normalized spacial score (nSPS) is 10.8. The molecule has 3 rings (SSSR count). The molecule has 0 aliphatic rings. The van der Waals surface area contributed by atoms with Crippen molar-refractivity contribution >= 4 is 11.9 Å². The Bertz CT molecular complexity index is 843. The number of ether oxygens (including phenoxy) is 1. The lowest BCUT2D eigenvalue weighted by Gasteiger charge is -2.08. The minimum Gasteiger partial charge on any atom is -0.489 e. The summed E-state index contributed by atoms with van der Waals surface area (Å²) in [5, 5.41) is 4.14. The van der Waals surface area contributed by atoms with Crippen LogP contribution >= 0.6 is 0 Å². The van der Waals surface area contributed by atoms with Crippen molar-refractivity contribution in [1.29, 1.82) is 0 Å². The molecule has 3 aromatic rings. The summed E-state index contributed by atoms with van der Waals surface area (Å²) in [5.74, 6) is 0.544.